The molecule has 1 saturated heterocycles. The van der Waals surface area contributed by atoms with Crippen LogP contribution < -0.4 is 4.72 Å². The van der Waals surface area contributed by atoms with Crippen LogP contribution in [0.2, 0.25) is 5.02 Å². The molecule has 1 aromatic rings. The van der Waals surface area contributed by atoms with E-state index in [-0.39, 0.29) is 17.9 Å². The van der Waals surface area contributed by atoms with Gasteiger partial charge in [-0.1, -0.05) is 29.8 Å². The van der Waals surface area contributed by atoms with E-state index in [0.717, 1.165) is 5.56 Å². The second kappa shape index (κ2) is 9.43. The van der Waals surface area contributed by atoms with Crippen molar-refractivity contribution >= 4 is 27.7 Å². The zero-order valence-corrected chi connectivity index (χ0v) is 18.5. The van der Waals surface area contributed by atoms with Gasteiger partial charge in [0.2, 0.25) is 10.0 Å². The Kier molecular flexibility index (Phi) is 7.73. The minimum atomic E-state index is -3.24. The minimum Gasteiger partial charge on any atom is -0.444 e. The lowest BCUT2D eigenvalue weighted by atomic mass is 10.0. The molecule has 1 aliphatic rings. The maximum Gasteiger partial charge on any atom is 0.410 e. The van der Waals surface area contributed by atoms with Crippen LogP contribution >= 0.6 is 11.6 Å². The fraction of sp³-hybridized carbons (Fsp3) is 0.632. The smallest absolute Gasteiger partial charge is 0.410 e. The highest BCUT2D eigenvalue weighted by Gasteiger charge is 2.33. The lowest BCUT2D eigenvalue weighted by molar-refractivity contribution is 0.00351. The Labute approximate surface area is 173 Å². The molecule has 9 heteroatoms. The Hall–Kier alpha value is -1.35. The number of carbonyl (C=O) groups is 1. The molecule has 0 spiro atoms. The van der Waals surface area contributed by atoms with Crippen molar-refractivity contribution in [2.45, 2.75) is 38.8 Å². The first kappa shape index (κ1) is 22.9. The molecule has 28 heavy (non-hydrogen) atoms. The van der Waals surface area contributed by atoms with Crippen LogP contribution in [-0.4, -0.2) is 68.9 Å². The normalized spacial score (nSPS) is 18.9. The summed E-state index contributed by atoms with van der Waals surface area (Å²) in [4.78, 5) is 16.4. The van der Waals surface area contributed by atoms with Crippen LogP contribution in [0.15, 0.2) is 24.3 Å². The van der Waals surface area contributed by atoms with E-state index in [9.17, 15) is 13.2 Å². The molecule has 1 fully saturated rings. The molecular weight excluding hydrogens is 402 g/mol. The lowest BCUT2D eigenvalue weighted by Gasteiger charge is -2.42. The van der Waals surface area contributed by atoms with E-state index in [1.165, 1.54) is 7.05 Å². The molecule has 0 radical (unpaired) electrons. The number of benzene rings is 1. The van der Waals surface area contributed by atoms with Crippen LogP contribution in [-0.2, 0) is 14.8 Å². The average Bonchev–Trinajstić information content (AvgIpc) is 2.61. The molecule has 7 nitrogen and oxygen atoms in total. The first-order valence-corrected chi connectivity index (χ1v) is 11.4. The van der Waals surface area contributed by atoms with Gasteiger partial charge in [-0.2, -0.15) is 0 Å². The van der Waals surface area contributed by atoms with Gasteiger partial charge in [0.1, 0.15) is 5.60 Å². The van der Waals surface area contributed by atoms with Gasteiger partial charge in [-0.15, -0.1) is 0 Å². The summed E-state index contributed by atoms with van der Waals surface area (Å²) in [5.74, 6) is 0.0605. The summed E-state index contributed by atoms with van der Waals surface area (Å²) in [6.45, 7) is 7.71. The molecule has 158 valence electrons. The summed E-state index contributed by atoms with van der Waals surface area (Å²) < 4.78 is 31.3. The number of halogens is 1. The Morgan fingerprint density at radius 2 is 1.96 bits per heavy atom. The number of sulfonamides is 1. The number of nitrogens with zero attached hydrogens (tertiary/aromatic N) is 2. The summed E-state index contributed by atoms with van der Waals surface area (Å²) >= 11 is 6.42. The number of rotatable bonds is 6. The Morgan fingerprint density at radius 3 is 2.57 bits per heavy atom. The summed E-state index contributed by atoms with van der Waals surface area (Å²) in [6.07, 6.45) is 0.151. The van der Waals surface area contributed by atoms with Gasteiger partial charge in [0, 0.05) is 24.7 Å². The predicted molar refractivity (Wildman–Crippen MR) is 111 cm³/mol. The van der Waals surface area contributed by atoms with E-state index in [2.05, 4.69) is 9.62 Å². The fourth-order valence-corrected chi connectivity index (χ4v) is 4.16. The number of ether oxygens (including phenoxy) is 1. The van der Waals surface area contributed by atoms with Gasteiger partial charge in [0.25, 0.3) is 0 Å². The van der Waals surface area contributed by atoms with Crippen molar-refractivity contribution in [3.63, 3.8) is 0 Å². The Bertz CT molecular complexity index is 780. The van der Waals surface area contributed by atoms with Crippen LogP contribution in [0.4, 0.5) is 4.79 Å². The van der Waals surface area contributed by atoms with E-state index in [1.807, 2.05) is 45.0 Å². The van der Waals surface area contributed by atoms with Crippen molar-refractivity contribution in [3.8, 4) is 0 Å². The van der Waals surface area contributed by atoms with Crippen LogP contribution in [0.1, 0.15) is 38.8 Å². The quantitative estimate of drug-likeness (QED) is 0.749. The topological polar surface area (TPSA) is 79.0 Å². The predicted octanol–water partition coefficient (Wildman–Crippen LogP) is 2.87. The average molecular weight is 432 g/mol. The highest BCUT2D eigenvalue weighted by Crippen LogP contribution is 2.31. The molecule has 1 heterocycles. The minimum absolute atomic E-state index is 0.0605. The number of piperazine rings is 1. The maximum absolute atomic E-state index is 12.5. The van der Waals surface area contributed by atoms with Crippen molar-refractivity contribution in [1.29, 1.82) is 0 Å². The molecule has 0 bridgehead atoms. The van der Waals surface area contributed by atoms with E-state index >= 15 is 0 Å². The van der Waals surface area contributed by atoms with Gasteiger partial charge in [0.05, 0.1) is 11.8 Å². The van der Waals surface area contributed by atoms with Gasteiger partial charge in [-0.05, 0) is 52.4 Å². The molecule has 0 saturated carbocycles. The second-order valence-corrected chi connectivity index (χ2v) is 10.3. The Balaban J connectivity index is 2.15. The zero-order chi connectivity index (χ0) is 20.9. The largest absolute Gasteiger partial charge is 0.444 e. The first-order chi connectivity index (χ1) is 13.0. The van der Waals surface area contributed by atoms with E-state index in [4.69, 9.17) is 16.3 Å². The SMILES string of the molecule is CNS(=O)(=O)CCCN1CCN(C(=O)OC(C)(C)C)C[C@H]1c1ccccc1Cl. The summed E-state index contributed by atoms with van der Waals surface area (Å²) in [5, 5.41) is 0.631. The number of hydrogen-bond acceptors (Lipinski definition) is 5. The Morgan fingerprint density at radius 1 is 1.29 bits per heavy atom. The summed E-state index contributed by atoms with van der Waals surface area (Å²) in [5.41, 5.74) is 0.365. The van der Waals surface area contributed by atoms with Gasteiger partial charge >= 0.3 is 6.09 Å². The molecule has 1 atom stereocenters. The molecule has 1 aliphatic heterocycles. The maximum atomic E-state index is 12.5. The number of nitrogens with one attached hydrogen (secondary N) is 1. The van der Waals surface area contributed by atoms with Gasteiger partial charge < -0.3 is 9.64 Å². The highest BCUT2D eigenvalue weighted by molar-refractivity contribution is 7.89. The van der Waals surface area contributed by atoms with Gasteiger partial charge in [-0.3, -0.25) is 4.90 Å². The van der Waals surface area contributed by atoms with E-state index < -0.39 is 15.6 Å². The van der Waals surface area contributed by atoms with Crippen molar-refractivity contribution < 1.29 is 17.9 Å². The van der Waals surface area contributed by atoms with Gasteiger partial charge in [-0.25, -0.2) is 17.9 Å². The molecule has 0 unspecified atom stereocenters. The first-order valence-electron chi connectivity index (χ1n) is 9.40. The molecule has 1 aromatic carbocycles. The highest BCUT2D eigenvalue weighted by atomic mass is 35.5. The number of hydrogen-bond donors (Lipinski definition) is 1. The third-order valence-corrected chi connectivity index (χ3v) is 6.37. The van der Waals surface area contributed by atoms with E-state index in [0.29, 0.717) is 37.6 Å². The lowest BCUT2D eigenvalue weighted by Crippen LogP contribution is -2.52. The van der Waals surface area contributed by atoms with Crippen LogP contribution in [0.25, 0.3) is 0 Å². The number of amides is 1. The second-order valence-electron chi connectivity index (χ2n) is 7.88. The third kappa shape index (κ3) is 6.62. The standard InChI is InChI=1S/C19H30ClN3O4S/c1-19(2,3)27-18(24)23-12-11-22(10-7-13-28(25,26)21-4)17(14-23)15-8-5-6-9-16(15)20/h5-6,8-9,17,21H,7,10-14H2,1-4H3/t17-/m0/s1. The van der Waals surface area contributed by atoms with Crippen molar-refractivity contribution in [2.24, 2.45) is 0 Å². The third-order valence-electron chi connectivity index (χ3n) is 4.58. The van der Waals surface area contributed by atoms with Crippen molar-refractivity contribution in [3.05, 3.63) is 34.9 Å². The van der Waals surface area contributed by atoms with Crippen LogP contribution in [0, 0.1) is 0 Å². The van der Waals surface area contributed by atoms with Gasteiger partial charge in [0.15, 0.2) is 0 Å². The fourth-order valence-electron chi connectivity index (χ4n) is 3.18. The van der Waals surface area contributed by atoms with Crippen molar-refractivity contribution in [2.75, 3.05) is 39.0 Å². The van der Waals surface area contributed by atoms with E-state index in [1.54, 1.807) is 4.90 Å². The van der Waals surface area contributed by atoms with Crippen molar-refractivity contribution in [1.82, 2.24) is 14.5 Å². The molecular formula is C19H30ClN3O4S. The molecule has 2 rings (SSSR count). The molecule has 1 N–H and O–H groups in total. The van der Waals surface area contributed by atoms with Crippen LogP contribution in [0.5, 0.6) is 0 Å². The monoisotopic (exact) mass is 431 g/mol. The summed E-state index contributed by atoms with van der Waals surface area (Å²) in [7, 11) is -1.82. The molecule has 1 amide bonds. The van der Waals surface area contributed by atoms with Crippen LogP contribution in [0.3, 0.4) is 0 Å². The number of carbonyl (C=O) groups excluding carboxylic acids is 1. The molecule has 0 aliphatic carbocycles. The summed E-state index contributed by atoms with van der Waals surface area (Å²) in [6, 6.07) is 7.43. The molecule has 0 aromatic heterocycles. The zero-order valence-electron chi connectivity index (χ0n) is 16.9.